The van der Waals surface area contributed by atoms with Gasteiger partial charge in [-0.15, -0.1) is 11.8 Å². The van der Waals surface area contributed by atoms with Crippen LogP contribution in [0.3, 0.4) is 0 Å². The molecule has 0 radical (unpaired) electrons. The lowest BCUT2D eigenvalue weighted by Crippen LogP contribution is -2.23. The molecule has 2 aromatic rings. The number of amides is 1. The summed E-state index contributed by atoms with van der Waals surface area (Å²) in [4.78, 5) is 23.7. The molecule has 0 spiro atoms. The number of ether oxygens (including phenoxy) is 2. The molecular weight excluding hydrogens is 344 g/mol. The van der Waals surface area contributed by atoms with Gasteiger partial charge in [-0.25, -0.2) is 0 Å². The van der Waals surface area contributed by atoms with Gasteiger partial charge in [0.05, 0.1) is 10.2 Å². The third-order valence-electron chi connectivity index (χ3n) is 3.55. The molecule has 8 heteroatoms. The first-order valence-electron chi connectivity index (χ1n) is 7.65. The molecule has 0 aliphatic carbocycles. The van der Waals surface area contributed by atoms with Crippen molar-refractivity contribution in [2.24, 2.45) is 0 Å². The average Bonchev–Trinajstić information content (AvgIpc) is 2.61. The Balaban J connectivity index is 1.68. The first-order valence-corrected chi connectivity index (χ1v) is 8.53. The summed E-state index contributed by atoms with van der Waals surface area (Å²) in [7, 11) is 0. The van der Waals surface area contributed by atoms with Crippen LogP contribution in [-0.2, 0) is 4.79 Å². The third kappa shape index (κ3) is 4.03. The number of anilines is 1. The zero-order valence-corrected chi connectivity index (χ0v) is 14.2. The van der Waals surface area contributed by atoms with E-state index in [1.807, 2.05) is 18.2 Å². The quantitative estimate of drug-likeness (QED) is 0.499. The van der Waals surface area contributed by atoms with E-state index in [4.69, 9.17) is 9.47 Å². The molecule has 0 unspecified atom stereocenters. The fraction of sp³-hybridized carbons (Fsp3) is 0.235. The standard InChI is InChI=1S/C17H16N2O5S/c1-11(17(20)18-13-4-2-3-5-14(13)19(21)22)25-12-6-7-15-16(10-12)24-9-8-23-15/h2-7,10-11H,8-9H2,1H3,(H,18,20)/t11-/m1/s1. The summed E-state index contributed by atoms with van der Waals surface area (Å²) in [5, 5.41) is 13.2. The van der Waals surface area contributed by atoms with Gasteiger partial charge in [-0.05, 0) is 31.2 Å². The Kier molecular flexibility index (Phi) is 5.08. The fourth-order valence-corrected chi connectivity index (χ4v) is 3.22. The molecule has 1 heterocycles. The van der Waals surface area contributed by atoms with E-state index in [1.54, 1.807) is 19.1 Å². The van der Waals surface area contributed by atoms with Crippen molar-refractivity contribution in [2.45, 2.75) is 17.1 Å². The van der Waals surface area contributed by atoms with Crippen molar-refractivity contribution in [2.75, 3.05) is 18.5 Å². The molecule has 130 valence electrons. The molecule has 7 nitrogen and oxygen atoms in total. The fourth-order valence-electron chi connectivity index (χ4n) is 2.33. The van der Waals surface area contributed by atoms with Crippen LogP contribution in [0.5, 0.6) is 11.5 Å². The highest BCUT2D eigenvalue weighted by molar-refractivity contribution is 8.00. The lowest BCUT2D eigenvalue weighted by molar-refractivity contribution is -0.383. The van der Waals surface area contributed by atoms with Gasteiger partial charge in [0.1, 0.15) is 18.9 Å². The van der Waals surface area contributed by atoms with Crippen LogP contribution >= 0.6 is 11.8 Å². The van der Waals surface area contributed by atoms with Crippen LogP contribution in [0.4, 0.5) is 11.4 Å². The van der Waals surface area contributed by atoms with Gasteiger partial charge >= 0.3 is 0 Å². The highest BCUT2D eigenvalue weighted by Crippen LogP contribution is 2.35. The molecule has 0 aromatic heterocycles. The number of nitro benzene ring substituents is 1. The Morgan fingerprint density at radius 3 is 2.68 bits per heavy atom. The SMILES string of the molecule is C[C@@H](Sc1ccc2c(c1)OCCO2)C(=O)Nc1ccccc1[N+](=O)[O-]. The summed E-state index contributed by atoms with van der Waals surface area (Å²) in [5.41, 5.74) is 0.0551. The Labute approximate surface area is 148 Å². The van der Waals surface area contributed by atoms with Crippen LogP contribution in [-0.4, -0.2) is 29.3 Å². The summed E-state index contributed by atoms with van der Waals surface area (Å²) in [6.07, 6.45) is 0. The smallest absolute Gasteiger partial charge is 0.292 e. The highest BCUT2D eigenvalue weighted by atomic mass is 32.2. The predicted octanol–water partition coefficient (Wildman–Crippen LogP) is 3.49. The number of rotatable bonds is 5. The number of fused-ring (bicyclic) bond motifs is 1. The third-order valence-corrected chi connectivity index (χ3v) is 4.65. The van der Waals surface area contributed by atoms with Crippen molar-refractivity contribution in [3.63, 3.8) is 0 Å². The van der Waals surface area contributed by atoms with Gasteiger partial charge in [-0.1, -0.05) is 12.1 Å². The van der Waals surface area contributed by atoms with Crippen molar-refractivity contribution in [1.29, 1.82) is 0 Å². The summed E-state index contributed by atoms with van der Waals surface area (Å²) >= 11 is 1.34. The molecule has 0 bridgehead atoms. The van der Waals surface area contributed by atoms with Gasteiger partial charge in [0, 0.05) is 11.0 Å². The Bertz CT molecular complexity index is 811. The van der Waals surface area contributed by atoms with E-state index < -0.39 is 10.2 Å². The van der Waals surface area contributed by atoms with Gasteiger partial charge in [0.2, 0.25) is 5.91 Å². The Hall–Kier alpha value is -2.74. The maximum Gasteiger partial charge on any atom is 0.292 e. The summed E-state index contributed by atoms with van der Waals surface area (Å²) in [6, 6.07) is 11.6. The molecule has 0 saturated heterocycles. The van der Waals surface area contributed by atoms with Crippen LogP contribution in [0.25, 0.3) is 0 Å². The predicted molar refractivity (Wildman–Crippen MR) is 94.5 cm³/mol. The molecule has 3 rings (SSSR count). The zero-order chi connectivity index (χ0) is 17.8. The number of benzene rings is 2. The van der Waals surface area contributed by atoms with Crippen LogP contribution in [0.15, 0.2) is 47.4 Å². The molecular formula is C17H16N2O5S. The largest absolute Gasteiger partial charge is 0.486 e. The van der Waals surface area contributed by atoms with Crippen molar-refractivity contribution in [1.82, 2.24) is 0 Å². The number of nitrogens with zero attached hydrogens (tertiary/aromatic N) is 1. The Morgan fingerprint density at radius 1 is 1.20 bits per heavy atom. The lowest BCUT2D eigenvalue weighted by Gasteiger charge is -2.19. The van der Waals surface area contributed by atoms with Gasteiger partial charge < -0.3 is 14.8 Å². The van der Waals surface area contributed by atoms with E-state index in [-0.39, 0.29) is 17.3 Å². The van der Waals surface area contributed by atoms with Crippen molar-refractivity contribution >= 4 is 29.0 Å². The topological polar surface area (TPSA) is 90.7 Å². The first-order chi connectivity index (χ1) is 12.0. The van der Waals surface area contributed by atoms with Crippen LogP contribution < -0.4 is 14.8 Å². The van der Waals surface area contributed by atoms with E-state index in [0.29, 0.717) is 24.7 Å². The minimum absolute atomic E-state index is 0.132. The normalized spacial score (nSPS) is 13.8. The maximum atomic E-state index is 12.4. The van der Waals surface area contributed by atoms with Gasteiger partial charge in [-0.2, -0.15) is 0 Å². The molecule has 1 atom stereocenters. The number of hydrogen-bond acceptors (Lipinski definition) is 6. The molecule has 1 N–H and O–H groups in total. The highest BCUT2D eigenvalue weighted by Gasteiger charge is 2.20. The molecule has 2 aromatic carbocycles. The van der Waals surface area contributed by atoms with Crippen molar-refractivity contribution < 1.29 is 19.2 Å². The van der Waals surface area contributed by atoms with E-state index in [9.17, 15) is 14.9 Å². The maximum absolute atomic E-state index is 12.4. The number of nitro groups is 1. The molecule has 0 fully saturated rings. The minimum atomic E-state index is -0.520. The summed E-state index contributed by atoms with van der Waals surface area (Å²) < 4.78 is 11.0. The van der Waals surface area contributed by atoms with Crippen molar-refractivity contribution in [3.8, 4) is 11.5 Å². The molecule has 1 aliphatic heterocycles. The summed E-state index contributed by atoms with van der Waals surface area (Å²) in [5.74, 6) is 1.03. The van der Waals surface area contributed by atoms with Crippen LogP contribution in [0, 0.1) is 10.1 Å². The van der Waals surface area contributed by atoms with Gasteiger partial charge in [0.15, 0.2) is 11.5 Å². The second-order valence-corrected chi connectivity index (χ2v) is 6.74. The number of nitrogens with one attached hydrogen (secondary N) is 1. The van der Waals surface area contributed by atoms with Crippen LogP contribution in [0.2, 0.25) is 0 Å². The number of carbonyl (C=O) groups excluding carboxylic acids is 1. The molecule has 25 heavy (non-hydrogen) atoms. The van der Waals surface area contributed by atoms with Gasteiger partial charge in [0.25, 0.3) is 5.69 Å². The monoisotopic (exact) mass is 360 g/mol. The van der Waals surface area contributed by atoms with E-state index in [2.05, 4.69) is 5.32 Å². The van der Waals surface area contributed by atoms with E-state index in [0.717, 1.165) is 4.90 Å². The van der Waals surface area contributed by atoms with Crippen LogP contribution in [0.1, 0.15) is 6.92 Å². The molecule has 1 amide bonds. The lowest BCUT2D eigenvalue weighted by atomic mass is 10.2. The number of para-hydroxylation sites is 2. The second-order valence-electron chi connectivity index (χ2n) is 5.33. The van der Waals surface area contributed by atoms with Gasteiger partial charge in [-0.3, -0.25) is 14.9 Å². The number of hydrogen-bond donors (Lipinski definition) is 1. The second kappa shape index (κ2) is 7.43. The van der Waals surface area contributed by atoms with E-state index in [1.165, 1.54) is 23.9 Å². The molecule has 0 saturated carbocycles. The molecule has 1 aliphatic rings. The minimum Gasteiger partial charge on any atom is -0.486 e. The average molecular weight is 360 g/mol. The zero-order valence-electron chi connectivity index (χ0n) is 13.4. The summed E-state index contributed by atoms with van der Waals surface area (Å²) in [6.45, 7) is 2.76. The van der Waals surface area contributed by atoms with E-state index >= 15 is 0 Å². The first kappa shape index (κ1) is 17.1. The van der Waals surface area contributed by atoms with Crippen molar-refractivity contribution in [3.05, 3.63) is 52.6 Å². The number of thioether (sulfide) groups is 1. The Morgan fingerprint density at radius 2 is 1.92 bits per heavy atom. The number of carbonyl (C=O) groups is 1.